The highest BCUT2D eigenvalue weighted by Gasteiger charge is 2.22. The Labute approximate surface area is 71.7 Å². The first-order valence-corrected chi connectivity index (χ1v) is 3.78. The van der Waals surface area contributed by atoms with Crippen molar-refractivity contribution < 1.29 is 14.3 Å². The number of hydrogen-bond acceptors (Lipinski definition) is 3. The Morgan fingerprint density at radius 3 is 2.92 bits per heavy atom. The molecule has 0 saturated heterocycles. The monoisotopic (exact) mass is 168 g/mol. The third-order valence-electron chi connectivity index (χ3n) is 1.78. The van der Waals surface area contributed by atoms with E-state index in [1.54, 1.807) is 13.2 Å². The molecule has 0 radical (unpaired) electrons. The molecule has 0 aliphatic heterocycles. The molecule has 0 aromatic rings. The normalized spacial score (nSPS) is 21.5. The van der Waals surface area contributed by atoms with Crippen LogP contribution in [-0.2, 0) is 14.3 Å². The average Bonchev–Trinajstić information content (AvgIpc) is 2.16. The lowest BCUT2D eigenvalue weighted by Gasteiger charge is -2.16. The minimum atomic E-state index is -0.353. The molecule has 0 heterocycles. The maximum atomic E-state index is 11.1. The summed E-state index contributed by atoms with van der Waals surface area (Å²) < 4.78 is 9.65. The van der Waals surface area contributed by atoms with Crippen molar-refractivity contribution in [2.75, 3.05) is 14.2 Å². The molecule has 3 nitrogen and oxygen atoms in total. The zero-order valence-corrected chi connectivity index (χ0v) is 7.24. The Morgan fingerprint density at radius 1 is 1.58 bits per heavy atom. The van der Waals surface area contributed by atoms with Crippen LogP contribution in [0.5, 0.6) is 0 Å². The minimum Gasteiger partial charge on any atom is -0.500 e. The standard InChI is InChI=1S/C9H12O3/c1-11-8-6-4-3-5-7(8)9(10)12-2/h3,5-7H,4H2,1-2H3/t7-/m0/s1. The molecule has 3 heteroatoms. The molecule has 66 valence electrons. The number of methoxy groups -OCH3 is 2. The van der Waals surface area contributed by atoms with E-state index in [0.29, 0.717) is 5.76 Å². The van der Waals surface area contributed by atoms with Gasteiger partial charge in [-0.2, -0.15) is 0 Å². The molecule has 0 saturated carbocycles. The third-order valence-corrected chi connectivity index (χ3v) is 1.78. The fourth-order valence-corrected chi connectivity index (χ4v) is 1.15. The highest BCUT2D eigenvalue weighted by atomic mass is 16.5. The first-order chi connectivity index (χ1) is 5.79. The van der Waals surface area contributed by atoms with Crippen LogP contribution in [0.25, 0.3) is 0 Å². The van der Waals surface area contributed by atoms with E-state index in [4.69, 9.17) is 4.74 Å². The Bertz CT molecular complexity index is 228. The summed E-state index contributed by atoms with van der Waals surface area (Å²) >= 11 is 0. The van der Waals surface area contributed by atoms with Gasteiger partial charge in [-0.25, -0.2) is 0 Å². The lowest BCUT2D eigenvalue weighted by molar-refractivity contribution is -0.143. The van der Waals surface area contributed by atoms with Crippen molar-refractivity contribution in [2.24, 2.45) is 5.92 Å². The van der Waals surface area contributed by atoms with E-state index in [9.17, 15) is 4.79 Å². The predicted octanol–water partition coefficient (Wildman–Crippen LogP) is 1.27. The summed E-state index contributed by atoms with van der Waals surface area (Å²) in [5.74, 6) is 0.0390. The van der Waals surface area contributed by atoms with Gasteiger partial charge < -0.3 is 9.47 Å². The zero-order chi connectivity index (χ0) is 8.97. The fraction of sp³-hybridized carbons (Fsp3) is 0.444. The zero-order valence-electron chi connectivity index (χ0n) is 7.24. The second-order valence-electron chi connectivity index (χ2n) is 2.48. The van der Waals surface area contributed by atoms with Crippen molar-refractivity contribution in [3.63, 3.8) is 0 Å². The number of esters is 1. The summed E-state index contributed by atoms with van der Waals surface area (Å²) in [5, 5.41) is 0. The second-order valence-corrected chi connectivity index (χ2v) is 2.48. The molecule has 1 aliphatic rings. The van der Waals surface area contributed by atoms with Gasteiger partial charge in [0, 0.05) is 0 Å². The summed E-state index contributed by atoms with van der Waals surface area (Å²) in [4.78, 5) is 11.1. The summed E-state index contributed by atoms with van der Waals surface area (Å²) in [6, 6.07) is 0. The van der Waals surface area contributed by atoms with E-state index in [1.165, 1.54) is 7.11 Å². The van der Waals surface area contributed by atoms with Crippen molar-refractivity contribution in [1.29, 1.82) is 0 Å². The number of carbonyl (C=O) groups excluding carboxylic acids is 1. The molecule has 1 aliphatic carbocycles. The molecule has 1 rings (SSSR count). The first-order valence-electron chi connectivity index (χ1n) is 3.78. The summed E-state index contributed by atoms with van der Waals surface area (Å²) in [6.07, 6.45) is 6.41. The number of hydrogen-bond donors (Lipinski definition) is 0. The van der Waals surface area contributed by atoms with E-state index in [1.807, 2.05) is 12.2 Å². The molecule has 0 amide bonds. The lowest BCUT2D eigenvalue weighted by atomic mass is 10.0. The van der Waals surface area contributed by atoms with Crippen molar-refractivity contribution in [2.45, 2.75) is 6.42 Å². The quantitative estimate of drug-likeness (QED) is 0.460. The van der Waals surface area contributed by atoms with Gasteiger partial charge in [0.1, 0.15) is 11.7 Å². The molecule has 0 unspecified atom stereocenters. The molecular weight excluding hydrogens is 156 g/mol. The SMILES string of the molecule is COC(=O)[C@H]1C=CCC=C1OC. The van der Waals surface area contributed by atoms with Gasteiger partial charge in [-0.15, -0.1) is 0 Å². The van der Waals surface area contributed by atoms with Crippen LogP contribution >= 0.6 is 0 Å². The van der Waals surface area contributed by atoms with Crippen LogP contribution < -0.4 is 0 Å². The van der Waals surface area contributed by atoms with Crippen LogP contribution in [0.15, 0.2) is 24.0 Å². The molecule has 1 atom stereocenters. The smallest absolute Gasteiger partial charge is 0.320 e. The summed E-state index contributed by atoms with van der Waals surface area (Å²) in [6.45, 7) is 0. The molecule has 0 fully saturated rings. The first kappa shape index (κ1) is 8.84. The van der Waals surface area contributed by atoms with Crippen LogP contribution in [-0.4, -0.2) is 20.2 Å². The van der Waals surface area contributed by atoms with Crippen LogP contribution in [0, 0.1) is 5.92 Å². The van der Waals surface area contributed by atoms with E-state index >= 15 is 0 Å². The Morgan fingerprint density at radius 2 is 2.33 bits per heavy atom. The average molecular weight is 168 g/mol. The van der Waals surface area contributed by atoms with E-state index < -0.39 is 0 Å². The van der Waals surface area contributed by atoms with Crippen molar-refractivity contribution in [3.05, 3.63) is 24.0 Å². The van der Waals surface area contributed by atoms with Crippen LogP contribution in [0.3, 0.4) is 0 Å². The fourth-order valence-electron chi connectivity index (χ4n) is 1.15. The van der Waals surface area contributed by atoms with Crippen LogP contribution in [0.1, 0.15) is 6.42 Å². The molecule has 0 N–H and O–H groups in total. The molecular formula is C9H12O3. The lowest BCUT2D eigenvalue weighted by Crippen LogP contribution is -2.18. The topological polar surface area (TPSA) is 35.5 Å². The summed E-state index contributed by atoms with van der Waals surface area (Å²) in [5.41, 5.74) is 0. The van der Waals surface area contributed by atoms with Crippen LogP contribution in [0.4, 0.5) is 0 Å². The van der Waals surface area contributed by atoms with Crippen molar-refractivity contribution >= 4 is 5.97 Å². The van der Waals surface area contributed by atoms with Gasteiger partial charge in [0.25, 0.3) is 0 Å². The van der Waals surface area contributed by atoms with Crippen molar-refractivity contribution in [3.8, 4) is 0 Å². The van der Waals surface area contributed by atoms with Gasteiger partial charge in [0.15, 0.2) is 0 Å². The second kappa shape index (κ2) is 3.95. The Balaban J connectivity index is 2.73. The largest absolute Gasteiger partial charge is 0.500 e. The Kier molecular flexibility index (Phi) is 2.91. The van der Waals surface area contributed by atoms with E-state index in [0.717, 1.165) is 6.42 Å². The van der Waals surface area contributed by atoms with Gasteiger partial charge in [-0.3, -0.25) is 4.79 Å². The molecule has 0 bridgehead atoms. The minimum absolute atomic E-state index is 0.279. The van der Waals surface area contributed by atoms with Gasteiger partial charge in [-0.1, -0.05) is 12.2 Å². The molecule has 0 spiro atoms. The van der Waals surface area contributed by atoms with Gasteiger partial charge in [0.2, 0.25) is 0 Å². The predicted molar refractivity (Wildman–Crippen MR) is 44.4 cm³/mol. The number of rotatable bonds is 2. The number of ether oxygens (including phenoxy) is 2. The molecule has 0 aromatic heterocycles. The van der Waals surface area contributed by atoms with Crippen molar-refractivity contribution in [1.82, 2.24) is 0 Å². The van der Waals surface area contributed by atoms with Gasteiger partial charge in [0.05, 0.1) is 14.2 Å². The summed E-state index contributed by atoms with van der Waals surface area (Å²) in [7, 11) is 2.93. The molecule has 0 aromatic carbocycles. The van der Waals surface area contributed by atoms with Gasteiger partial charge >= 0.3 is 5.97 Å². The van der Waals surface area contributed by atoms with Gasteiger partial charge in [-0.05, 0) is 12.5 Å². The Hall–Kier alpha value is -1.25. The maximum absolute atomic E-state index is 11.1. The third kappa shape index (κ3) is 1.67. The maximum Gasteiger partial charge on any atom is 0.320 e. The highest BCUT2D eigenvalue weighted by Crippen LogP contribution is 2.20. The van der Waals surface area contributed by atoms with E-state index in [-0.39, 0.29) is 11.9 Å². The van der Waals surface area contributed by atoms with Crippen LogP contribution in [0.2, 0.25) is 0 Å². The number of carbonyl (C=O) groups is 1. The molecule has 12 heavy (non-hydrogen) atoms. The number of allylic oxidation sites excluding steroid dienone is 2. The highest BCUT2D eigenvalue weighted by molar-refractivity contribution is 5.77. The van der Waals surface area contributed by atoms with E-state index in [2.05, 4.69) is 4.74 Å².